The molecule has 1 atom stereocenters. The van der Waals surface area contributed by atoms with Crippen molar-refractivity contribution in [3.8, 4) is 0 Å². The van der Waals surface area contributed by atoms with Crippen LogP contribution in [0, 0.1) is 0 Å². The second kappa shape index (κ2) is 8.81. The van der Waals surface area contributed by atoms with E-state index in [0.717, 1.165) is 16.1 Å². The molecule has 0 saturated heterocycles. The van der Waals surface area contributed by atoms with Crippen LogP contribution in [0.25, 0.3) is 0 Å². The van der Waals surface area contributed by atoms with Gasteiger partial charge in [-0.25, -0.2) is 8.42 Å². The van der Waals surface area contributed by atoms with Gasteiger partial charge in [0.15, 0.2) is 12.4 Å². The highest BCUT2D eigenvalue weighted by Crippen LogP contribution is 2.19. The molecule has 0 aliphatic rings. The second-order valence-electron chi connectivity index (χ2n) is 6.38. The number of carbonyl (C=O) groups excluding carboxylic acids is 2. The Morgan fingerprint density at radius 3 is 2.19 bits per heavy atom. The van der Waals surface area contributed by atoms with Crippen molar-refractivity contribution in [1.29, 1.82) is 0 Å². The molecule has 0 unspecified atom stereocenters. The van der Waals surface area contributed by atoms with Crippen LogP contribution >= 0.6 is 0 Å². The molecule has 0 saturated carbocycles. The van der Waals surface area contributed by atoms with E-state index in [4.69, 9.17) is 4.74 Å². The van der Waals surface area contributed by atoms with Crippen LogP contribution in [0.2, 0.25) is 0 Å². The Morgan fingerprint density at radius 1 is 1.04 bits per heavy atom. The summed E-state index contributed by atoms with van der Waals surface area (Å²) >= 11 is 0. The summed E-state index contributed by atoms with van der Waals surface area (Å²) in [5.74, 6) is -0.781. The lowest BCUT2D eigenvalue weighted by Crippen LogP contribution is -2.24. The third-order valence-electron chi connectivity index (χ3n) is 4.26. The van der Waals surface area contributed by atoms with Gasteiger partial charge < -0.3 is 4.74 Å². The fourth-order valence-electron chi connectivity index (χ4n) is 2.49. The maximum Gasteiger partial charge on any atom is 0.306 e. The van der Waals surface area contributed by atoms with Crippen LogP contribution in [0.1, 0.15) is 35.2 Å². The first-order chi connectivity index (χ1) is 12.7. The molecule has 0 aliphatic carbocycles. The van der Waals surface area contributed by atoms with Crippen molar-refractivity contribution in [3.63, 3.8) is 0 Å². The number of hydrogen-bond acceptors (Lipinski definition) is 5. The van der Waals surface area contributed by atoms with Crippen LogP contribution in [0.15, 0.2) is 54.6 Å². The Bertz CT molecular complexity index is 892. The monoisotopic (exact) mass is 389 g/mol. The van der Waals surface area contributed by atoms with Crippen LogP contribution in [-0.4, -0.2) is 40.1 Å². The molecule has 0 radical (unpaired) electrons. The van der Waals surface area contributed by atoms with Crippen molar-refractivity contribution in [2.45, 2.75) is 19.3 Å². The molecule has 0 aliphatic heterocycles. The smallest absolute Gasteiger partial charge is 0.306 e. The Labute approximate surface area is 159 Å². The van der Waals surface area contributed by atoms with Crippen molar-refractivity contribution in [3.05, 3.63) is 65.7 Å². The number of carbonyl (C=O) groups is 2. The Morgan fingerprint density at radius 2 is 1.63 bits per heavy atom. The SMILES string of the molecule is C[C@H](CC(=O)OCC(=O)c1ccc(N(C)S(C)(=O)=O)cc1)c1ccccc1. The predicted molar refractivity (Wildman–Crippen MR) is 104 cm³/mol. The largest absolute Gasteiger partial charge is 0.457 e. The van der Waals surface area contributed by atoms with Gasteiger partial charge in [0.1, 0.15) is 0 Å². The first kappa shape index (κ1) is 20.6. The summed E-state index contributed by atoms with van der Waals surface area (Å²) in [5.41, 5.74) is 1.83. The number of ether oxygens (including phenoxy) is 1. The number of sulfonamides is 1. The molecule has 27 heavy (non-hydrogen) atoms. The minimum atomic E-state index is -3.37. The van der Waals surface area contributed by atoms with Gasteiger partial charge >= 0.3 is 5.97 Å². The summed E-state index contributed by atoms with van der Waals surface area (Å²) in [4.78, 5) is 24.1. The molecular weight excluding hydrogens is 366 g/mol. The van der Waals surface area contributed by atoms with Crippen LogP contribution in [0.5, 0.6) is 0 Å². The van der Waals surface area contributed by atoms with Gasteiger partial charge in [-0.1, -0.05) is 37.3 Å². The highest BCUT2D eigenvalue weighted by molar-refractivity contribution is 7.92. The third-order valence-corrected chi connectivity index (χ3v) is 5.46. The number of rotatable bonds is 8. The Balaban J connectivity index is 1.89. The molecule has 0 spiro atoms. The number of ketones is 1. The lowest BCUT2D eigenvalue weighted by atomic mass is 9.98. The maximum atomic E-state index is 12.2. The van der Waals surface area contributed by atoms with Gasteiger partial charge in [-0.3, -0.25) is 13.9 Å². The maximum absolute atomic E-state index is 12.2. The highest BCUT2D eigenvalue weighted by atomic mass is 32.2. The van der Waals surface area contributed by atoms with Gasteiger partial charge in [-0.15, -0.1) is 0 Å². The lowest BCUT2D eigenvalue weighted by molar-refractivity contribution is -0.142. The van der Waals surface area contributed by atoms with E-state index in [1.807, 2.05) is 37.3 Å². The second-order valence-corrected chi connectivity index (χ2v) is 8.39. The van der Waals surface area contributed by atoms with Crippen molar-refractivity contribution >= 4 is 27.5 Å². The fourth-order valence-corrected chi connectivity index (χ4v) is 2.99. The molecule has 2 aromatic carbocycles. The third kappa shape index (κ3) is 5.92. The molecule has 7 heteroatoms. The first-order valence-electron chi connectivity index (χ1n) is 8.46. The summed E-state index contributed by atoms with van der Waals surface area (Å²) < 4.78 is 29.2. The topological polar surface area (TPSA) is 80.8 Å². The van der Waals surface area contributed by atoms with Crippen molar-refractivity contribution in [1.82, 2.24) is 0 Å². The number of anilines is 1. The normalized spacial score (nSPS) is 12.3. The first-order valence-corrected chi connectivity index (χ1v) is 10.3. The molecule has 6 nitrogen and oxygen atoms in total. The minimum absolute atomic E-state index is 0.000356. The quantitative estimate of drug-likeness (QED) is 0.512. The zero-order valence-corrected chi connectivity index (χ0v) is 16.4. The van der Waals surface area contributed by atoms with E-state index in [0.29, 0.717) is 11.3 Å². The van der Waals surface area contributed by atoms with Crippen LogP contribution in [0.3, 0.4) is 0 Å². The van der Waals surface area contributed by atoms with E-state index < -0.39 is 16.0 Å². The molecule has 0 fully saturated rings. The summed E-state index contributed by atoms with van der Waals surface area (Å²) in [6, 6.07) is 15.7. The zero-order chi connectivity index (χ0) is 20.0. The Kier molecular flexibility index (Phi) is 6.74. The summed E-state index contributed by atoms with van der Waals surface area (Å²) in [5, 5.41) is 0. The van der Waals surface area contributed by atoms with Crippen LogP contribution in [-0.2, 0) is 19.6 Å². The number of hydrogen-bond donors (Lipinski definition) is 0. The molecule has 0 amide bonds. The average Bonchev–Trinajstić information content (AvgIpc) is 2.65. The number of Topliss-reactive ketones (excluding diaryl/α,β-unsaturated/α-hetero) is 1. The number of esters is 1. The van der Waals surface area contributed by atoms with E-state index >= 15 is 0 Å². The number of benzene rings is 2. The molecular formula is C20H23NO5S. The molecule has 2 rings (SSSR count). The van der Waals surface area contributed by atoms with Gasteiger partial charge in [0.2, 0.25) is 10.0 Å². The van der Waals surface area contributed by atoms with Crippen LogP contribution < -0.4 is 4.31 Å². The minimum Gasteiger partial charge on any atom is -0.457 e. The van der Waals surface area contributed by atoms with Crippen LogP contribution in [0.4, 0.5) is 5.69 Å². The van der Waals surface area contributed by atoms with Crippen molar-refractivity contribution in [2.24, 2.45) is 0 Å². The van der Waals surface area contributed by atoms with E-state index in [1.54, 1.807) is 0 Å². The molecule has 144 valence electrons. The summed E-state index contributed by atoms with van der Waals surface area (Å²) in [6.45, 7) is 1.58. The molecule has 0 bridgehead atoms. The standard InChI is InChI=1S/C20H23NO5S/c1-15(16-7-5-4-6-8-16)13-20(23)26-14-19(22)17-9-11-18(12-10-17)21(2)27(3,24)25/h4-12,15H,13-14H2,1-3H3/t15-/m1/s1. The van der Waals surface area contributed by atoms with Crippen molar-refractivity contribution in [2.75, 3.05) is 24.2 Å². The highest BCUT2D eigenvalue weighted by Gasteiger charge is 2.16. The van der Waals surface area contributed by atoms with Gasteiger partial charge in [-0.2, -0.15) is 0 Å². The summed E-state index contributed by atoms with van der Waals surface area (Å²) in [7, 11) is -1.93. The molecule has 0 aromatic heterocycles. The predicted octanol–water partition coefficient (Wildman–Crippen LogP) is 3.00. The van der Waals surface area contributed by atoms with E-state index in [-0.39, 0.29) is 24.7 Å². The molecule has 0 N–H and O–H groups in total. The fraction of sp³-hybridized carbons (Fsp3) is 0.300. The van der Waals surface area contributed by atoms with Gasteiger partial charge in [-0.05, 0) is 35.7 Å². The van der Waals surface area contributed by atoms with Gasteiger partial charge in [0.25, 0.3) is 0 Å². The molecule has 0 heterocycles. The zero-order valence-electron chi connectivity index (χ0n) is 15.6. The van der Waals surface area contributed by atoms with Gasteiger partial charge in [0.05, 0.1) is 18.4 Å². The van der Waals surface area contributed by atoms with Crippen molar-refractivity contribution < 1.29 is 22.7 Å². The number of nitrogens with zero attached hydrogens (tertiary/aromatic N) is 1. The Hall–Kier alpha value is -2.67. The molecule has 2 aromatic rings. The lowest BCUT2D eigenvalue weighted by Gasteiger charge is -2.16. The van der Waals surface area contributed by atoms with Gasteiger partial charge in [0, 0.05) is 12.6 Å². The van der Waals surface area contributed by atoms with E-state index in [1.165, 1.54) is 31.3 Å². The van der Waals surface area contributed by atoms with E-state index in [9.17, 15) is 18.0 Å². The van der Waals surface area contributed by atoms with E-state index in [2.05, 4.69) is 0 Å². The average molecular weight is 389 g/mol. The summed E-state index contributed by atoms with van der Waals surface area (Å²) in [6.07, 6.45) is 1.29.